The topological polar surface area (TPSA) is 61.8 Å². The highest BCUT2D eigenvalue weighted by Gasteiger charge is 2.08. The van der Waals surface area contributed by atoms with Crippen molar-refractivity contribution in [3.63, 3.8) is 0 Å². The Morgan fingerprint density at radius 2 is 2.00 bits per heavy atom. The number of thiocarbonyl (C=S) groups is 1. The number of carbonyl (C=O) groups is 1. The highest BCUT2D eigenvalue weighted by Crippen LogP contribution is 2.27. The summed E-state index contributed by atoms with van der Waals surface area (Å²) in [5.41, 5.74) is 1.09. The molecule has 21 heavy (non-hydrogen) atoms. The highest BCUT2D eigenvalue weighted by atomic mass is 32.2. The molecule has 0 heterocycles. The lowest BCUT2D eigenvalue weighted by Gasteiger charge is -2.19. The van der Waals surface area contributed by atoms with Crippen LogP contribution in [-0.4, -0.2) is 48.8 Å². The number of thioether (sulfide) groups is 1. The molecule has 0 fully saturated rings. The second-order valence-electron chi connectivity index (χ2n) is 4.29. The van der Waals surface area contributed by atoms with Crippen LogP contribution in [0, 0.1) is 0 Å². The van der Waals surface area contributed by atoms with Gasteiger partial charge in [0.25, 0.3) is 0 Å². The summed E-state index contributed by atoms with van der Waals surface area (Å²) in [6.45, 7) is 0.689. The fraction of sp³-hybridized carbons (Fsp3) is 0.429. The molecule has 7 heteroatoms. The number of nitrogens with zero attached hydrogens (tertiary/aromatic N) is 1. The monoisotopic (exact) mass is 328 g/mol. The Kier molecular flexibility index (Phi) is 7.31. The van der Waals surface area contributed by atoms with Crippen LogP contribution in [0.4, 0.5) is 0 Å². The first-order valence-electron chi connectivity index (χ1n) is 6.26. The summed E-state index contributed by atoms with van der Waals surface area (Å²) in [5.74, 6) is 0.135. The molecule has 0 aliphatic heterocycles. The Balaban J connectivity index is 2.54. The minimum absolute atomic E-state index is 0.125. The van der Waals surface area contributed by atoms with Crippen LogP contribution in [0.3, 0.4) is 0 Å². The van der Waals surface area contributed by atoms with Crippen molar-refractivity contribution in [3.05, 3.63) is 23.8 Å². The molecule has 0 spiro atoms. The van der Waals surface area contributed by atoms with Gasteiger partial charge in [0.2, 0.25) is 0 Å². The zero-order valence-corrected chi connectivity index (χ0v) is 13.9. The van der Waals surface area contributed by atoms with E-state index in [0.717, 1.165) is 23.7 Å². The van der Waals surface area contributed by atoms with Crippen molar-refractivity contribution in [2.75, 3.05) is 33.6 Å². The lowest BCUT2D eigenvalue weighted by Crippen LogP contribution is -2.29. The molecule has 1 rings (SSSR count). The molecule has 5 nitrogen and oxygen atoms in total. The smallest absolute Gasteiger partial charge is 0.160 e. The van der Waals surface area contributed by atoms with E-state index in [1.54, 1.807) is 14.2 Å². The van der Waals surface area contributed by atoms with E-state index < -0.39 is 5.97 Å². The van der Waals surface area contributed by atoms with Gasteiger partial charge in [-0.2, -0.15) is 0 Å². The first kappa shape index (κ1) is 17.6. The van der Waals surface area contributed by atoms with Gasteiger partial charge < -0.3 is 24.3 Å². The Labute approximate surface area is 134 Å². The van der Waals surface area contributed by atoms with Crippen molar-refractivity contribution in [2.24, 2.45) is 0 Å². The largest absolute Gasteiger partial charge is 0.549 e. The third kappa shape index (κ3) is 5.81. The summed E-state index contributed by atoms with van der Waals surface area (Å²) in [6, 6.07) is 5.74. The number of carboxylic acid groups (broad SMARTS) is 1. The maximum Gasteiger partial charge on any atom is 0.160 e. The zero-order chi connectivity index (χ0) is 15.8. The molecule has 0 saturated carbocycles. The molecule has 0 atom stereocenters. The van der Waals surface area contributed by atoms with Crippen molar-refractivity contribution in [3.8, 4) is 11.5 Å². The molecule has 0 unspecified atom stereocenters. The molecule has 0 radical (unpaired) electrons. The summed E-state index contributed by atoms with van der Waals surface area (Å²) < 4.78 is 11.0. The van der Waals surface area contributed by atoms with Gasteiger partial charge >= 0.3 is 0 Å². The summed E-state index contributed by atoms with van der Waals surface area (Å²) in [6.07, 6.45) is 0.767. The van der Waals surface area contributed by atoms with Crippen LogP contribution in [0.25, 0.3) is 0 Å². The third-order valence-electron chi connectivity index (χ3n) is 2.81. The Morgan fingerprint density at radius 3 is 2.57 bits per heavy atom. The molecular weight excluding hydrogens is 310 g/mol. The van der Waals surface area contributed by atoms with Crippen molar-refractivity contribution < 1.29 is 19.4 Å². The summed E-state index contributed by atoms with van der Waals surface area (Å²) in [4.78, 5) is 12.2. The molecular formula is C14H18NO4S2-. The number of benzene rings is 1. The predicted molar refractivity (Wildman–Crippen MR) is 85.9 cm³/mol. The number of rotatable bonds is 7. The molecule has 0 aliphatic rings. The summed E-state index contributed by atoms with van der Waals surface area (Å²) >= 11 is 6.24. The molecule has 0 saturated heterocycles. The average molecular weight is 328 g/mol. The number of hydrogen-bond acceptors (Lipinski definition) is 6. The maximum atomic E-state index is 10.4. The van der Waals surface area contributed by atoms with Gasteiger partial charge in [0.05, 0.1) is 20.2 Å². The van der Waals surface area contributed by atoms with Crippen molar-refractivity contribution in [1.82, 2.24) is 4.90 Å². The normalized spacial score (nSPS) is 10.0. The second kappa shape index (κ2) is 8.74. The van der Waals surface area contributed by atoms with Gasteiger partial charge in [-0.15, -0.1) is 0 Å². The molecule has 0 amide bonds. The Hall–Kier alpha value is -1.47. The van der Waals surface area contributed by atoms with Crippen molar-refractivity contribution >= 4 is 34.3 Å². The summed E-state index contributed by atoms with van der Waals surface area (Å²) in [5, 5.41) is 10.4. The quantitative estimate of drug-likeness (QED) is 0.691. The van der Waals surface area contributed by atoms with Crippen LogP contribution in [-0.2, 0) is 11.2 Å². The van der Waals surface area contributed by atoms with E-state index in [4.69, 9.17) is 21.7 Å². The van der Waals surface area contributed by atoms with Gasteiger partial charge in [-0.25, -0.2) is 0 Å². The van der Waals surface area contributed by atoms with Crippen LogP contribution < -0.4 is 14.6 Å². The fourth-order valence-corrected chi connectivity index (χ4v) is 2.48. The number of hydrogen-bond donors (Lipinski definition) is 0. The van der Waals surface area contributed by atoms with E-state index in [-0.39, 0.29) is 5.75 Å². The lowest BCUT2D eigenvalue weighted by molar-refractivity contribution is -0.301. The predicted octanol–water partition coefficient (Wildman–Crippen LogP) is 0.946. The number of aliphatic carboxylic acids is 1. The van der Waals surface area contributed by atoms with Gasteiger partial charge in [0, 0.05) is 19.3 Å². The van der Waals surface area contributed by atoms with Gasteiger partial charge in [-0.3, -0.25) is 0 Å². The minimum atomic E-state index is -1.12. The zero-order valence-electron chi connectivity index (χ0n) is 12.3. The molecule has 0 aliphatic carbocycles. The number of carboxylic acids is 1. The molecule has 1 aromatic rings. The summed E-state index contributed by atoms with van der Waals surface area (Å²) in [7, 11) is 5.03. The van der Waals surface area contributed by atoms with Crippen molar-refractivity contribution in [1.29, 1.82) is 0 Å². The Morgan fingerprint density at radius 1 is 1.33 bits per heavy atom. The van der Waals surface area contributed by atoms with Crippen LogP contribution in [0.2, 0.25) is 0 Å². The van der Waals surface area contributed by atoms with E-state index in [0.29, 0.717) is 22.4 Å². The third-order valence-corrected chi connectivity index (χ3v) is 4.41. The van der Waals surface area contributed by atoms with Crippen LogP contribution in [0.1, 0.15) is 5.56 Å². The Bertz CT molecular complexity index is 508. The van der Waals surface area contributed by atoms with E-state index in [2.05, 4.69) is 0 Å². The van der Waals surface area contributed by atoms with E-state index in [1.165, 1.54) is 0 Å². The van der Waals surface area contributed by atoms with Crippen LogP contribution >= 0.6 is 24.0 Å². The van der Waals surface area contributed by atoms with Crippen LogP contribution in [0.15, 0.2) is 18.2 Å². The lowest BCUT2D eigenvalue weighted by atomic mass is 10.1. The highest BCUT2D eigenvalue weighted by molar-refractivity contribution is 8.23. The van der Waals surface area contributed by atoms with Gasteiger partial charge in [0.1, 0.15) is 4.32 Å². The molecule has 0 bridgehead atoms. The first-order chi connectivity index (χ1) is 9.97. The molecule has 1 aromatic carbocycles. The van der Waals surface area contributed by atoms with E-state index in [9.17, 15) is 9.90 Å². The van der Waals surface area contributed by atoms with Gasteiger partial charge in [-0.1, -0.05) is 30.0 Å². The maximum absolute atomic E-state index is 10.4. The first-order valence-corrected chi connectivity index (χ1v) is 7.66. The SMILES string of the molecule is COc1ccc(CCN(C)C(=S)SCC(=O)[O-])cc1OC. The number of carbonyl (C=O) groups excluding carboxylic acids is 1. The number of ether oxygens (including phenoxy) is 2. The van der Waals surface area contributed by atoms with Crippen molar-refractivity contribution in [2.45, 2.75) is 6.42 Å². The molecule has 0 N–H and O–H groups in total. The average Bonchev–Trinajstić information content (AvgIpc) is 2.49. The fourth-order valence-electron chi connectivity index (χ4n) is 1.66. The van der Waals surface area contributed by atoms with Crippen LogP contribution in [0.5, 0.6) is 11.5 Å². The van der Waals surface area contributed by atoms with Gasteiger partial charge in [0.15, 0.2) is 11.5 Å². The molecule has 0 aromatic heterocycles. The second-order valence-corrected chi connectivity index (χ2v) is 5.90. The van der Waals surface area contributed by atoms with E-state index >= 15 is 0 Å². The number of likely N-dealkylation sites (N-methyl/N-ethyl adjacent to an activating group) is 1. The van der Waals surface area contributed by atoms with Gasteiger partial charge in [-0.05, 0) is 24.1 Å². The molecule has 116 valence electrons. The minimum Gasteiger partial charge on any atom is -0.549 e. The number of methoxy groups -OCH3 is 2. The van der Waals surface area contributed by atoms with E-state index in [1.807, 2.05) is 30.1 Å². The standard InChI is InChI=1S/C14H19NO4S2/c1-15(14(20)21-9-13(16)17)7-6-10-4-5-11(18-2)12(8-10)19-3/h4-5,8H,6-7,9H2,1-3H3,(H,16,17)/p-1.